The highest BCUT2D eigenvalue weighted by Crippen LogP contribution is 2.04. The third kappa shape index (κ3) is 2.32. The maximum atomic E-state index is 11.2. The third-order valence-corrected chi connectivity index (χ3v) is 1.45. The first-order valence-corrected chi connectivity index (χ1v) is 3.76. The summed E-state index contributed by atoms with van der Waals surface area (Å²) in [5, 5.41) is 21.6. The molecule has 1 amide bonds. The maximum absolute atomic E-state index is 11.2. The smallest absolute Gasteiger partial charge is 0.288 e. The van der Waals surface area contributed by atoms with Gasteiger partial charge in [0.2, 0.25) is 5.71 Å². The van der Waals surface area contributed by atoms with Gasteiger partial charge in [0.25, 0.3) is 5.91 Å². The Labute approximate surface area is 80.3 Å². The highest BCUT2D eigenvalue weighted by atomic mass is 16.4. The van der Waals surface area contributed by atoms with Crippen molar-refractivity contribution in [1.29, 1.82) is 5.26 Å². The molecule has 14 heavy (non-hydrogen) atoms. The molecule has 0 aliphatic carbocycles. The van der Waals surface area contributed by atoms with Crippen LogP contribution in [0.1, 0.15) is 0 Å². The number of rotatable bonds is 2. The summed E-state index contributed by atoms with van der Waals surface area (Å²) in [7, 11) is 0. The Kier molecular flexibility index (Phi) is 3.21. The molecule has 0 heterocycles. The number of amides is 1. The predicted molar refractivity (Wildman–Crippen MR) is 49.9 cm³/mol. The van der Waals surface area contributed by atoms with Crippen LogP contribution >= 0.6 is 0 Å². The zero-order chi connectivity index (χ0) is 10.4. The summed E-state index contributed by atoms with van der Waals surface area (Å²) in [5.41, 5.74) is -0.0391. The van der Waals surface area contributed by atoms with E-state index < -0.39 is 11.6 Å². The monoisotopic (exact) mass is 189 g/mol. The highest BCUT2D eigenvalue weighted by molar-refractivity contribution is 6.48. The molecular weight excluding hydrogens is 182 g/mol. The van der Waals surface area contributed by atoms with E-state index >= 15 is 0 Å². The topological polar surface area (TPSA) is 85.5 Å². The van der Waals surface area contributed by atoms with E-state index in [-0.39, 0.29) is 0 Å². The number of hydrogen-bond donors (Lipinski definition) is 2. The van der Waals surface area contributed by atoms with Crippen LogP contribution in [0, 0.1) is 11.3 Å². The van der Waals surface area contributed by atoms with Gasteiger partial charge in [-0.05, 0) is 12.1 Å². The molecule has 1 aromatic carbocycles. The van der Waals surface area contributed by atoms with Gasteiger partial charge in [0.1, 0.15) is 6.07 Å². The Morgan fingerprint density at radius 3 is 2.57 bits per heavy atom. The van der Waals surface area contributed by atoms with Crippen LogP contribution in [0.3, 0.4) is 0 Å². The summed E-state index contributed by atoms with van der Waals surface area (Å²) in [6.45, 7) is 0. The van der Waals surface area contributed by atoms with E-state index in [1.165, 1.54) is 6.07 Å². The summed E-state index contributed by atoms with van der Waals surface area (Å²) in [4.78, 5) is 11.2. The van der Waals surface area contributed by atoms with Crippen molar-refractivity contribution in [3.8, 4) is 6.07 Å². The van der Waals surface area contributed by atoms with Crippen molar-refractivity contribution in [3.63, 3.8) is 0 Å². The van der Waals surface area contributed by atoms with Crippen LogP contribution in [-0.2, 0) is 4.79 Å². The fraction of sp³-hybridized carbons (Fsp3) is 0. The summed E-state index contributed by atoms with van der Waals surface area (Å²) in [6, 6.07) is 10.0. The lowest BCUT2D eigenvalue weighted by Crippen LogP contribution is -2.21. The number of oxime groups is 1. The van der Waals surface area contributed by atoms with E-state index in [0.29, 0.717) is 5.69 Å². The number of nitrogens with one attached hydrogen (secondary N) is 1. The van der Waals surface area contributed by atoms with Crippen LogP contribution in [0.5, 0.6) is 0 Å². The first-order valence-electron chi connectivity index (χ1n) is 3.76. The molecule has 5 heteroatoms. The predicted octanol–water partition coefficient (Wildman–Crippen LogP) is 0.979. The van der Waals surface area contributed by atoms with Crippen LogP contribution in [-0.4, -0.2) is 16.8 Å². The van der Waals surface area contributed by atoms with Gasteiger partial charge in [-0.2, -0.15) is 5.26 Å². The Balaban J connectivity index is 2.73. The summed E-state index contributed by atoms with van der Waals surface area (Å²) in [6.07, 6.45) is 0. The SMILES string of the molecule is N#C/C(=N\O)C(=O)Nc1ccccc1. The minimum atomic E-state index is -0.735. The minimum absolute atomic E-state index is 0.536. The lowest BCUT2D eigenvalue weighted by molar-refractivity contribution is -0.110. The Morgan fingerprint density at radius 1 is 1.43 bits per heavy atom. The standard InChI is InChI=1S/C9H7N3O2/c10-6-8(12-14)9(13)11-7-4-2-1-3-5-7/h1-5,14H,(H,11,13)/b12-8+. The van der Waals surface area contributed by atoms with Crippen LogP contribution in [0.4, 0.5) is 5.69 Å². The largest absolute Gasteiger partial charge is 0.410 e. The molecule has 0 spiro atoms. The second-order valence-electron chi connectivity index (χ2n) is 2.38. The maximum Gasteiger partial charge on any atom is 0.288 e. The second-order valence-corrected chi connectivity index (χ2v) is 2.38. The molecule has 70 valence electrons. The molecule has 0 aliphatic rings. The first-order chi connectivity index (χ1) is 6.77. The molecule has 0 saturated carbocycles. The number of anilines is 1. The van der Waals surface area contributed by atoms with Gasteiger partial charge >= 0.3 is 0 Å². The van der Waals surface area contributed by atoms with Gasteiger partial charge in [0.05, 0.1) is 0 Å². The Bertz CT molecular complexity index is 392. The van der Waals surface area contributed by atoms with E-state index in [0.717, 1.165) is 0 Å². The lowest BCUT2D eigenvalue weighted by Gasteiger charge is -2.00. The number of carbonyl (C=O) groups excluding carboxylic acids is 1. The Hall–Kier alpha value is -2.35. The van der Waals surface area contributed by atoms with Crippen molar-refractivity contribution < 1.29 is 10.0 Å². The van der Waals surface area contributed by atoms with Crippen LogP contribution in [0.2, 0.25) is 0 Å². The van der Waals surface area contributed by atoms with Crippen LogP contribution in [0.15, 0.2) is 35.5 Å². The normalized spacial score (nSPS) is 10.4. The molecule has 0 aliphatic heterocycles. The van der Waals surface area contributed by atoms with Gasteiger partial charge in [-0.25, -0.2) is 0 Å². The van der Waals surface area contributed by atoms with E-state index in [1.807, 2.05) is 0 Å². The number of carbonyl (C=O) groups is 1. The molecule has 0 bridgehead atoms. The zero-order valence-electron chi connectivity index (χ0n) is 7.14. The van der Waals surface area contributed by atoms with Gasteiger partial charge in [-0.3, -0.25) is 4.79 Å². The molecule has 5 nitrogen and oxygen atoms in total. The van der Waals surface area contributed by atoms with E-state index in [2.05, 4.69) is 10.5 Å². The quantitative estimate of drug-likeness (QED) is 0.413. The third-order valence-electron chi connectivity index (χ3n) is 1.45. The molecule has 1 rings (SSSR count). The average Bonchev–Trinajstić information content (AvgIpc) is 2.21. The molecular formula is C9H7N3O2. The molecule has 0 saturated heterocycles. The fourth-order valence-corrected chi connectivity index (χ4v) is 0.830. The second kappa shape index (κ2) is 4.62. The number of nitrogens with zero attached hydrogens (tertiary/aromatic N) is 2. The van der Waals surface area contributed by atoms with Gasteiger partial charge in [0.15, 0.2) is 0 Å². The molecule has 0 atom stereocenters. The number of para-hydroxylation sites is 1. The van der Waals surface area contributed by atoms with Crippen molar-refractivity contribution >= 4 is 17.3 Å². The zero-order valence-corrected chi connectivity index (χ0v) is 7.14. The molecule has 0 aromatic heterocycles. The Morgan fingerprint density at radius 2 is 2.07 bits per heavy atom. The van der Waals surface area contributed by atoms with Crippen molar-refractivity contribution in [1.82, 2.24) is 0 Å². The van der Waals surface area contributed by atoms with E-state index in [9.17, 15) is 4.79 Å². The summed E-state index contributed by atoms with van der Waals surface area (Å²) < 4.78 is 0. The molecule has 0 radical (unpaired) electrons. The van der Waals surface area contributed by atoms with Gasteiger partial charge in [0, 0.05) is 5.69 Å². The summed E-state index contributed by atoms with van der Waals surface area (Å²) in [5.74, 6) is -0.735. The molecule has 1 aromatic rings. The number of nitriles is 1. The van der Waals surface area contributed by atoms with Gasteiger partial charge in [-0.15, -0.1) is 0 Å². The number of benzene rings is 1. The number of hydrogen-bond acceptors (Lipinski definition) is 4. The summed E-state index contributed by atoms with van der Waals surface area (Å²) >= 11 is 0. The van der Waals surface area contributed by atoms with Crippen LogP contribution in [0.25, 0.3) is 0 Å². The average molecular weight is 189 g/mol. The lowest BCUT2D eigenvalue weighted by atomic mass is 10.3. The van der Waals surface area contributed by atoms with E-state index in [1.54, 1.807) is 30.3 Å². The van der Waals surface area contributed by atoms with Crippen LogP contribution < -0.4 is 5.32 Å². The van der Waals surface area contributed by atoms with Crippen molar-refractivity contribution in [2.24, 2.45) is 5.16 Å². The fourth-order valence-electron chi connectivity index (χ4n) is 0.830. The van der Waals surface area contributed by atoms with Crippen molar-refractivity contribution in [2.45, 2.75) is 0 Å². The first kappa shape index (κ1) is 9.74. The van der Waals surface area contributed by atoms with Gasteiger partial charge < -0.3 is 10.5 Å². The molecule has 2 N–H and O–H groups in total. The molecule has 0 unspecified atom stereocenters. The van der Waals surface area contributed by atoms with Crippen molar-refractivity contribution in [3.05, 3.63) is 30.3 Å². The highest BCUT2D eigenvalue weighted by Gasteiger charge is 2.10. The molecule has 0 fully saturated rings. The van der Waals surface area contributed by atoms with E-state index in [4.69, 9.17) is 10.5 Å². The van der Waals surface area contributed by atoms with Crippen molar-refractivity contribution in [2.75, 3.05) is 5.32 Å². The van der Waals surface area contributed by atoms with Gasteiger partial charge in [-0.1, -0.05) is 23.4 Å². The minimum Gasteiger partial charge on any atom is -0.410 e.